The number of aryl methyl sites for hydroxylation is 2. The quantitative estimate of drug-likeness (QED) is 0.603. The fourth-order valence-corrected chi connectivity index (χ4v) is 3.72. The molecule has 2 heterocycles. The van der Waals surface area contributed by atoms with Crippen LogP contribution in [0.1, 0.15) is 24.2 Å². The Balaban J connectivity index is 1.81. The van der Waals surface area contributed by atoms with Gasteiger partial charge in [-0.15, -0.1) is 0 Å². The number of primary amides is 1. The number of nitrogens with zero attached hydrogens (tertiary/aromatic N) is 5. The molecular formula is C18H24N6O3. The maximum Gasteiger partial charge on any atom is 0.334 e. The Hall–Kier alpha value is -2.94. The van der Waals surface area contributed by atoms with Crippen molar-refractivity contribution in [2.24, 2.45) is 12.8 Å². The molecule has 27 heavy (non-hydrogen) atoms. The van der Waals surface area contributed by atoms with E-state index < -0.39 is 11.9 Å². The van der Waals surface area contributed by atoms with Gasteiger partial charge in [0.2, 0.25) is 11.7 Å². The number of aromatic nitrogens is 2. The van der Waals surface area contributed by atoms with Crippen LogP contribution in [0.3, 0.4) is 0 Å². The molecule has 0 aliphatic carbocycles. The summed E-state index contributed by atoms with van der Waals surface area (Å²) in [6.07, 6.45) is 0.502. The number of piperazine rings is 1. The van der Waals surface area contributed by atoms with Crippen LogP contribution in [-0.4, -0.2) is 51.7 Å². The van der Waals surface area contributed by atoms with Crippen molar-refractivity contribution in [2.75, 3.05) is 31.1 Å². The number of hydrogen-bond donors (Lipinski definition) is 1. The first-order valence-electron chi connectivity index (χ1n) is 8.97. The van der Waals surface area contributed by atoms with E-state index in [0.717, 1.165) is 5.56 Å². The van der Waals surface area contributed by atoms with Crippen LogP contribution < -0.4 is 10.6 Å². The number of hydrogen-bond acceptors (Lipinski definition) is 6. The summed E-state index contributed by atoms with van der Waals surface area (Å²) in [5.41, 5.74) is 7.07. The molecule has 144 valence electrons. The second-order valence-electron chi connectivity index (χ2n) is 6.59. The first-order chi connectivity index (χ1) is 12.9. The van der Waals surface area contributed by atoms with E-state index in [2.05, 4.69) is 5.10 Å². The van der Waals surface area contributed by atoms with Crippen molar-refractivity contribution in [3.63, 3.8) is 0 Å². The zero-order valence-corrected chi connectivity index (χ0v) is 15.5. The van der Waals surface area contributed by atoms with Crippen LogP contribution in [0.4, 0.5) is 11.5 Å². The van der Waals surface area contributed by atoms with E-state index in [0.29, 0.717) is 44.1 Å². The van der Waals surface area contributed by atoms with E-state index in [4.69, 9.17) is 5.73 Å². The van der Waals surface area contributed by atoms with E-state index in [-0.39, 0.29) is 10.6 Å². The number of amides is 1. The Morgan fingerprint density at radius 3 is 2.41 bits per heavy atom. The third kappa shape index (κ3) is 3.63. The standard InChI is InChI=1S/C18H24N6O3/c1-3-14-16(24(26)27)18(21(2)20-14)23-11-9-22(10-12-23)15(17(19)25)13-7-5-4-6-8-13/h4-8,15H,3,9-12H2,1-2H3,(H2,19,25). The van der Waals surface area contributed by atoms with Gasteiger partial charge in [0.15, 0.2) is 0 Å². The summed E-state index contributed by atoms with van der Waals surface area (Å²) in [6, 6.07) is 8.94. The normalized spacial score (nSPS) is 16.3. The molecule has 9 nitrogen and oxygen atoms in total. The van der Waals surface area contributed by atoms with Crippen LogP contribution >= 0.6 is 0 Å². The fraction of sp³-hybridized carbons (Fsp3) is 0.444. The third-order valence-electron chi connectivity index (χ3n) is 4.94. The SMILES string of the molecule is CCc1nn(C)c(N2CCN(C(C(N)=O)c3ccccc3)CC2)c1[N+](=O)[O-]. The van der Waals surface area contributed by atoms with Crippen LogP contribution in [0.25, 0.3) is 0 Å². The predicted molar refractivity (Wildman–Crippen MR) is 101 cm³/mol. The van der Waals surface area contributed by atoms with E-state index in [9.17, 15) is 14.9 Å². The van der Waals surface area contributed by atoms with Gasteiger partial charge in [0.1, 0.15) is 11.7 Å². The first-order valence-corrected chi connectivity index (χ1v) is 8.97. The Kier molecular flexibility index (Phi) is 5.41. The molecule has 1 fully saturated rings. The highest BCUT2D eigenvalue weighted by Gasteiger charge is 2.34. The number of carbonyl (C=O) groups is 1. The molecule has 1 aliphatic rings. The third-order valence-corrected chi connectivity index (χ3v) is 4.94. The second kappa shape index (κ2) is 7.75. The van der Waals surface area contributed by atoms with Crippen molar-refractivity contribution in [3.05, 3.63) is 51.7 Å². The smallest absolute Gasteiger partial charge is 0.334 e. The molecule has 2 N–H and O–H groups in total. The number of nitrogens with two attached hydrogens (primary N) is 1. The number of rotatable bonds is 6. The molecule has 2 aromatic rings. The van der Waals surface area contributed by atoms with Gasteiger partial charge in [-0.1, -0.05) is 37.3 Å². The highest BCUT2D eigenvalue weighted by atomic mass is 16.6. The van der Waals surface area contributed by atoms with Gasteiger partial charge >= 0.3 is 5.69 Å². The molecule has 0 saturated carbocycles. The lowest BCUT2D eigenvalue weighted by Gasteiger charge is -2.38. The number of carbonyl (C=O) groups excluding carboxylic acids is 1. The molecular weight excluding hydrogens is 348 g/mol. The number of nitro groups is 1. The number of benzene rings is 1. The lowest BCUT2D eigenvalue weighted by Crippen LogP contribution is -2.50. The van der Waals surface area contributed by atoms with Gasteiger partial charge in [-0.3, -0.25) is 19.8 Å². The molecule has 1 atom stereocenters. The van der Waals surface area contributed by atoms with Crippen LogP contribution in [0.5, 0.6) is 0 Å². The van der Waals surface area contributed by atoms with Crippen LogP contribution in [0.2, 0.25) is 0 Å². The minimum Gasteiger partial charge on any atom is -0.368 e. The van der Waals surface area contributed by atoms with Gasteiger partial charge in [-0.25, -0.2) is 4.68 Å². The van der Waals surface area contributed by atoms with E-state index in [1.54, 1.807) is 11.7 Å². The highest BCUT2D eigenvalue weighted by molar-refractivity contribution is 5.81. The van der Waals surface area contributed by atoms with Gasteiger partial charge < -0.3 is 10.6 Å². The molecule has 1 aromatic carbocycles. The van der Waals surface area contributed by atoms with Crippen molar-refractivity contribution >= 4 is 17.4 Å². The zero-order valence-electron chi connectivity index (χ0n) is 15.5. The van der Waals surface area contributed by atoms with Crippen LogP contribution in [0.15, 0.2) is 30.3 Å². The van der Waals surface area contributed by atoms with Crippen molar-refractivity contribution in [1.82, 2.24) is 14.7 Å². The Morgan fingerprint density at radius 2 is 1.89 bits per heavy atom. The maximum atomic E-state index is 12.1. The molecule has 1 aromatic heterocycles. The van der Waals surface area contributed by atoms with Gasteiger partial charge in [0.05, 0.1) is 4.92 Å². The monoisotopic (exact) mass is 372 g/mol. The van der Waals surface area contributed by atoms with Crippen molar-refractivity contribution in [3.8, 4) is 0 Å². The molecule has 1 amide bonds. The molecule has 0 bridgehead atoms. The largest absolute Gasteiger partial charge is 0.368 e. The summed E-state index contributed by atoms with van der Waals surface area (Å²) in [5, 5.41) is 15.9. The zero-order chi connectivity index (χ0) is 19.6. The fourth-order valence-electron chi connectivity index (χ4n) is 3.72. The van der Waals surface area contributed by atoms with Gasteiger partial charge in [-0.2, -0.15) is 5.10 Å². The lowest BCUT2D eigenvalue weighted by molar-refractivity contribution is -0.384. The maximum absolute atomic E-state index is 12.1. The summed E-state index contributed by atoms with van der Waals surface area (Å²) in [4.78, 5) is 27.2. The molecule has 1 saturated heterocycles. The average Bonchev–Trinajstić information content (AvgIpc) is 3.00. The van der Waals surface area contributed by atoms with Crippen molar-refractivity contribution in [1.29, 1.82) is 0 Å². The van der Waals surface area contributed by atoms with Crippen LogP contribution in [-0.2, 0) is 18.3 Å². The number of anilines is 1. The second-order valence-corrected chi connectivity index (χ2v) is 6.59. The van der Waals surface area contributed by atoms with E-state index >= 15 is 0 Å². The van der Waals surface area contributed by atoms with Crippen molar-refractivity contribution in [2.45, 2.75) is 19.4 Å². The summed E-state index contributed by atoms with van der Waals surface area (Å²) < 4.78 is 1.58. The molecule has 0 spiro atoms. The molecule has 3 rings (SSSR count). The lowest BCUT2D eigenvalue weighted by atomic mass is 10.0. The topological polar surface area (TPSA) is 111 Å². The van der Waals surface area contributed by atoms with Gasteiger partial charge in [-0.05, 0) is 12.0 Å². The van der Waals surface area contributed by atoms with Crippen LogP contribution in [0, 0.1) is 10.1 Å². The molecule has 9 heteroatoms. The Labute approximate surface area is 157 Å². The Bertz CT molecular complexity index is 827. The van der Waals surface area contributed by atoms with Gasteiger partial charge in [0.25, 0.3) is 0 Å². The minimum atomic E-state index is -0.499. The Morgan fingerprint density at radius 1 is 1.26 bits per heavy atom. The predicted octanol–water partition coefficient (Wildman–Crippen LogP) is 1.24. The van der Waals surface area contributed by atoms with Crippen molar-refractivity contribution < 1.29 is 9.72 Å². The molecule has 0 radical (unpaired) electrons. The minimum absolute atomic E-state index is 0.0722. The van der Waals surface area contributed by atoms with E-state index in [1.807, 2.05) is 47.1 Å². The highest BCUT2D eigenvalue weighted by Crippen LogP contribution is 2.33. The summed E-state index contributed by atoms with van der Waals surface area (Å²) in [6.45, 7) is 4.12. The van der Waals surface area contributed by atoms with E-state index in [1.165, 1.54) is 0 Å². The molecule has 1 aliphatic heterocycles. The first kappa shape index (κ1) is 18.8. The summed E-state index contributed by atoms with van der Waals surface area (Å²) in [7, 11) is 1.73. The summed E-state index contributed by atoms with van der Waals surface area (Å²) in [5.74, 6) is 0.126. The molecule has 1 unspecified atom stereocenters. The summed E-state index contributed by atoms with van der Waals surface area (Å²) >= 11 is 0. The van der Waals surface area contributed by atoms with Gasteiger partial charge in [0, 0.05) is 33.2 Å². The average molecular weight is 372 g/mol.